The second-order valence-corrected chi connectivity index (χ2v) is 15.9. The van der Waals surface area contributed by atoms with E-state index in [2.05, 4.69) is 63.1 Å². The van der Waals surface area contributed by atoms with Gasteiger partial charge >= 0.3 is 0 Å². The van der Waals surface area contributed by atoms with Crippen LogP contribution in [0.25, 0.3) is 11.3 Å². The van der Waals surface area contributed by atoms with Crippen LogP contribution >= 0.6 is 11.3 Å². The third-order valence-corrected chi connectivity index (χ3v) is 12.3. The molecule has 2 unspecified atom stereocenters. The zero-order valence-electron chi connectivity index (χ0n) is 24.6. The summed E-state index contributed by atoms with van der Waals surface area (Å²) in [5.41, 5.74) is 6.61. The molecule has 3 nitrogen and oxygen atoms in total. The minimum Gasteiger partial charge on any atom is -0.395 e. The van der Waals surface area contributed by atoms with Gasteiger partial charge in [0.2, 0.25) is 0 Å². The van der Waals surface area contributed by atoms with E-state index in [0.717, 1.165) is 30.2 Å². The molecule has 38 heavy (non-hydrogen) atoms. The smallest absolute Gasteiger partial charge is 0.0969 e. The average molecular weight is 535 g/mol. The minimum atomic E-state index is 0.243. The second kappa shape index (κ2) is 10.00. The van der Waals surface area contributed by atoms with Gasteiger partial charge in [-0.2, -0.15) is 0 Å². The molecular formula is C34H50N2OS. The second-order valence-electron chi connectivity index (χ2n) is 15.1. The first-order valence-corrected chi connectivity index (χ1v) is 16.4. The molecule has 6 rings (SSSR count). The van der Waals surface area contributed by atoms with Gasteiger partial charge in [0.05, 0.1) is 17.3 Å². The van der Waals surface area contributed by atoms with Crippen molar-refractivity contribution in [1.29, 1.82) is 0 Å². The van der Waals surface area contributed by atoms with E-state index in [1.807, 2.05) is 11.3 Å². The molecule has 2 heterocycles. The number of piperidine rings is 1. The number of aromatic nitrogens is 1. The van der Waals surface area contributed by atoms with Crippen molar-refractivity contribution in [1.82, 2.24) is 9.88 Å². The van der Waals surface area contributed by atoms with Gasteiger partial charge in [-0.25, -0.2) is 4.98 Å². The fourth-order valence-electron chi connectivity index (χ4n) is 8.48. The Labute approximate surface area is 235 Å². The molecule has 1 N–H and O–H groups in total. The van der Waals surface area contributed by atoms with E-state index in [-0.39, 0.29) is 10.8 Å². The van der Waals surface area contributed by atoms with Crippen LogP contribution in [0, 0.1) is 23.2 Å². The van der Waals surface area contributed by atoms with Crippen molar-refractivity contribution in [2.45, 2.75) is 109 Å². The number of likely N-dealkylation sites (tertiary alicyclic amines) is 1. The molecule has 4 aliphatic rings. The molecule has 2 aromatic rings. The molecule has 1 aliphatic heterocycles. The molecule has 3 fully saturated rings. The highest BCUT2D eigenvalue weighted by molar-refractivity contribution is 7.10. The predicted molar refractivity (Wildman–Crippen MR) is 160 cm³/mol. The fraction of sp³-hybridized carbons (Fsp3) is 0.735. The summed E-state index contributed by atoms with van der Waals surface area (Å²) in [4.78, 5) is 7.72. The third-order valence-electron chi connectivity index (χ3n) is 11.4. The van der Waals surface area contributed by atoms with E-state index < -0.39 is 0 Å². The zero-order chi connectivity index (χ0) is 26.7. The lowest BCUT2D eigenvalue weighted by Crippen LogP contribution is -2.40. The van der Waals surface area contributed by atoms with Crippen LogP contribution in [0.3, 0.4) is 0 Å². The van der Waals surface area contributed by atoms with Gasteiger partial charge in [0.1, 0.15) is 0 Å². The average Bonchev–Trinajstić information content (AvgIpc) is 3.43. The molecular weight excluding hydrogens is 484 g/mol. The summed E-state index contributed by atoms with van der Waals surface area (Å²) in [7, 11) is 0. The van der Waals surface area contributed by atoms with E-state index in [1.165, 1.54) is 98.3 Å². The Balaban J connectivity index is 1.08. The lowest BCUT2D eigenvalue weighted by Gasteiger charge is -2.42. The number of hydrogen-bond acceptors (Lipinski definition) is 4. The molecule has 4 heteroatoms. The number of rotatable bonds is 6. The Hall–Kier alpha value is -1.23. The van der Waals surface area contributed by atoms with Crippen molar-refractivity contribution < 1.29 is 5.11 Å². The molecule has 0 bridgehead atoms. The molecule has 2 atom stereocenters. The Morgan fingerprint density at radius 3 is 2.21 bits per heavy atom. The van der Waals surface area contributed by atoms with Crippen LogP contribution in [0.5, 0.6) is 0 Å². The molecule has 1 aromatic heterocycles. The van der Waals surface area contributed by atoms with Crippen molar-refractivity contribution in [2.75, 3.05) is 26.2 Å². The largest absolute Gasteiger partial charge is 0.395 e. The highest BCUT2D eigenvalue weighted by Crippen LogP contribution is 2.62. The highest BCUT2D eigenvalue weighted by atomic mass is 32.1. The summed E-state index contributed by atoms with van der Waals surface area (Å²) in [6, 6.07) is 7.22. The summed E-state index contributed by atoms with van der Waals surface area (Å²) < 4.78 is 0. The number of aliphatic hydroxyl groups excluding tert-OH is 1. The topological polar surface area (TPSA) is 36.4 Å². The van der Waals surface area contributed by atoms with Gasteiger partial charge < -0.3 is 10.0 Å². The number of benzene rings is 1. The van der Waals surface area contributed by atoms with Crippen LogP contribution in [0.1, 0.15) is 114 Å². The maximum atomic E-state index is 9.27. The van der Waals surface area contributed by atoms with Crippen LogP contribution in [0.15, 0.2) is 23.6 Å². The quantitative estimate of drug-likeness (QED) is 0.406. The summed E-state index contributed by atoms with van der Waals surface area (Å²) in [6.45, 7) is 15.7. The fourth-order valence-corrected chi connectivity index (χ4v) is 9.56. The Bertz CT molecular complexity index is 1130. The van der Waals surface area contributed by atoms with Crippen LogP contribution in [-0.2, 0) is 10.8 Å². The molecule has 0 amide bonds. The SMILES string of the molecule is CC1(CC2CCC3C(CC2)C3c2nc(-c3ccc4c(c3)C(C)(C)CCC4(C)C)cs2)CCN(CCO)CC1. The summed E-state index contributed by atoms with van der Waals surface area (Å²) in [6.07, 6.45) is 12.2. The molecule has 3 aliphatic carbocycles. The monoisotopic (exact) mass is 534 g/mol. The van der Waals surface area contributed by atoms with E-state index >= 15 is 0 Å². The van der Waals surface area contributed by atoms with Crippen molar-refractivity contribution >= 4 is 11.3 Å². The van der Waals surface area contributed by atoms with Crippen LogP contribution in [0.4, 0.5) is 0 Å². The third kappa shape index (κ3) is 5.15. The normalized spacial score (nSPS) is 31.7. The molecule has 2 saturated carbocycles. The van der Waals surface area contributed by atoms with Crippen molar-refractivity contribution in [3.05, 3.63) is 39.7 Å². The van der Waals surface area contributed by atoms with Crippen LogP contribution < -0.4 is 0 Å². The first kappa shape index (κ1) is 27.0. The van der Waals surface area contributed by atoms with Crippen molar-refractivity contribution in [3.63, 3.8) is 0 Å². The van der Waals surface area contributed by atoms with Crippen molar-refractivity contribution in [2.24, 2.45) is 23.2 Å². The number of hydrogen-bond donors (Lipinski definition) is 1. The van der Waals surface area contributed by atoms with Gasteiger partial charge in [-0.15, -0.1) is 11.3 Å². The van der Waals surface area contributed by atoms with Gasteiger partial charge in [0.25, 0.3) is 0 Å². The van der Waals surface area contributed by atoms with Crippen molar-refractivity contribution in [3.8, 4) is 11.3 Å². The first-order chi connectivity index (χ1) is 18.1. The molecule has 1 saturated heterocycles. The summed E-state index contributed by atoms with van der Waals surface area (Å²) in [5, 5.41) is 13.0. The number of thiazole rings is 1. The standard InChI is InChI=1S/C34H50N2OS/c1-32(2)12-13-33(3,4)28-20-24(8-11-27(28)32)29-22-38-31(35-29)30-25-9-6-23(7-10-26(25)30)21-34(5)14-16-36(17-15-34)18-19-37/h8,11,20,22-23,25-26,30,37H,6-7,9-10,12-19,21H2,1-5H3. The number of fused-ring (bicyclic) bond motifs is 2. The van der Waals surface area contributed by atoms with Gasteiger partial charge in [-0.05, 0) is 109 Å². The van der Waals surface area contributed by atoms with Gasteiger partial charge in [0, 0.05) is 23.4 Å². The summed E-state index contributed by atoms with van der Waals surface area (Å²) in [5.74, 6) is 3.38. The maximum absolute atomic E-state index is 9.27. The lowest BCUT2D eigenvalue weighted by molar-refractivity contribution is 0.0785. The maximum Gasteiger partial charge on any atom is 0.0969 e. The first-order valence-electron chi connectivity index (χ1n) is 15.5. The number of nitrogens with zero attached hydrogens (tertiary/aromatic N) is 2. The van der Waals surface area contributed by atoms with Crippen LogP contribution in [-0.4, -0.2) is 41.2 Å². The number of aliphatic hydroxyl groups is 1. The van der Waals surface area contributed by atoms with Crippen LogP contribution in [0.2, 0.25) is 0 Å². The highest BCUT2D eigenvalue weighted by Gasteiger charge is 2.53. The molecule has 0 radical (unpaired) electrons. The van der Waals surface area contributed by atoms with Gasteiger partial charge in [0.15, 0.2) is 0 Å². The molecule has 0 spiro atoms. The zero-order valence-corrected chi connectivity index (χ0v) is 25.4. The van der Waals surface area contributed by atoms with Gasteiger partial charge in [-0.1, -0.05) is 59.6 Å². The Kier molecular flexibility index (Phi) is 7.09. The van der Waals surface area contributed by atoms with E-state index in [1.54, 1.807) is 0 Å². The number of β-amino-alcohol motifs (C(OH)–C–C–N with tert-alkyl or cyclic N) is 1. The summed E-state index contributed by atoms with van der Waals surface area (Å²) >= 11 is 1.92. The van der Waals surface area contributed by atoms with E-state index in [9.17, 15) is 5.11 Å². The Morgan fingerprint density at radius 2 is 1.55 bits per heavy atom. The molecule has 1 aromatic carbocycles. The van der Waals surface area contributed by atoms with E-state index in [0.29, 0.717) is 12.0 Å². The van der Waals surface area contributed by atoms with E-state index in [4.69, 9.17) is 4.98 Å². The Morgan fingerprint density at radius 1 is 0.895 bits per heavy atom. The van der Waals surface area contributed by atoms with Gasteiger partial charge in [-0.3, -0.25) is 0 Å². The minimum absolute atomic E-state index is 0.243. The molecule has 208 valence electrons. The predicted octanol–water partition coefficient (Wildman–Crippen LogP) is 8.16. The lowest BCUT2D eigenvalue weighted by atomic mass is 9.63.